The zero-order valence-corrected chi connectivity index (χ0v) is 17.4. The zero-order valence-electron chi connectivity index (χ0n) is 17.4. The van der Waals surface area contributed by atoms with Crippen LogP contribution < -0.4 is 5.73 Å². The lowest BCUT2D eigenvalue weighted by Crippen LogP contribution is -2.14. The number of hydrogen-bond donors (Lipinski definition) is 1. The highest BCUT2D eigenvalue weighted by Crippen LogP contribution is 2.31. The lowest BCUT2D eigenvalue weighted by molar-refractivity contribution is 0.306. The lowest BCUT2D eigenvalue weighted by atomic mass is 9.90. The zero-order chi connectivity index (χ0) is 19.6. The van der Waals surface area contributed by atoms with E-state index in [1.54, 1.807) is 7.11 Å². The Morgan fingerprint density at radius 3 is 2.28 bits per heavy atom. The first-order valence-electron chi connectivity index (χ1n) is 9.32. The minimum Gasteiger partial charge on any atom is -0.496 e. The van der Waals surface area contributed by atoms with Crippen molar-refractivity contribution in [3.8, 4) is 0 Å². The van der Waals surface area contributed by atoms with Crippen LogP contribution in [0.3, 0.4) is 0 Å². The smallest absolute Gasteiger partial charge is 0.124 e. The van der Waals surface area contributed by atoms with E-state index in [1.807, 2.05) is 20.8 Å². The first kappa shape index (κ1) is 23.0. The summed E-state index contributed by atoms with van der Waals surface area (Å²) < 4.78 is 5.70. The molecule has 1 rings (SSSR count). The van der Waals surface area contributed by atoms with E-state index in [0.717, 1.165) is 34.6 Å². The molecule has 2 nitrogen and oxygen atoms in total. The molecule has 1 unspecified atom stereocenters. The predicted octanol–water partition coefficient (Wildman–Crippen LogP) is 6.34. The van der Waals surface area contributed by atoms with E-state index in [-0.39, 0.29) is 5.92 Å². The van der Waals surface area contributed by atoms with E-state index in [0.29, 0.717) is 5.92 Å². The summed E-state index contributed by atoms with van der Waals surface area (Å²) in [4.78, 5) is 0. The van der Waals surface area contributed by atoms with Gasteiger partial charge in [-0.3, -0.25) is 0 Å². The molecule has 140 valence electrons. The van der Waals surface area contributed by atoms with Crippen molar-refractivity contribution in [3.63, 3.8) is 0 Å². The highest BCUT2D eigenvalue weighted by molar-refractivity contribution is 5.80. The number of allylic oxidation sites excluding steroid dienone is 3. The third-order valence-electron chi connectivity index (χ3n) is 4.07. The summed E-state index contributed by atoms with van der Waals surface area (Å²) in [7, 11) is 1.70. The SMILES string of the molecule is C=C(C)C(C)/C(N)=C(\C(=C/C(C)C)OC)c1cccc(CC)c1.CC. The van der Waals surface area contributed by atoms with Crippen molar-refractivity contribution in [2.75, 3.05) is 7.11 Å². The maximum Gasteiger partial charge on any atom is 0.124 e. The number of hydrogen-bond acceptors (Lipinski definition) is 2. The van der Waals surface area contributed by atoms with Gasteiger partial charge in [0.05, 0.1) is 7.11 Å². The molecule has 1 aromatic carbocycles. The molecule has 25 heavy (non-hydrogen) atoms. The van der Waals surface area contributed by atoms with Gasteiger partial charge in [-0.1, -0.05) is 78.0 Å². The van der Waals surface area contributed by atoms with Crippen molar-refractivity contribution in [3.05, 3.63) is 65.1 Å². The fourth-order valence-corrected chi connectivity index (χ4v) is 2.44. The average Bonchev–Trinajstić information content (AvgIpc) is 2.61. The molecule has 0 aliphatic carbocycles. The van der Waals surface area contributed by atoms with Crippen LogP contribution in [0.25, 0.3) is 5.57 Å². The van der Waals surface area contributed by atoms with Crippen LogP contribution in [0.5, 0.6) is 0 Å². The normalized spacial score (nSPS) is 13.6. The lowest BCUT2D eigenvalue weighted by Gasteiger charge is -2.21. The van der Waals surface area contributed by atoms with Gasteiger partial charge in [-0.05, 0) is 36.5 Å². The molecule has 0 heterocycles. The number of methoxy groups -OCH3 is 1. The summed E-state index contributed by atoms with van der Waals surface area (Å²) in [6.07, 6.45) is 3.11. The molecule has 0 aromatic heterocycles. The molecule has 0 fully saturated rings. The molecule has 2 N–H and O–H groups in total. The summed E-state index contributed by atoms with van der Waals surface area (Å²) in [6.45, 7) is 18.6. The van der Waals surface area contributed by atoms with E-state index in [1.165, 1.54) is 5.56 Å². The fourth-order valence-electron chi connectivity index (χ4n) is 2.44. The van der Waals surface area contributed by atoms with Gasteiger partial charge >= 0.3 is 0 Å². The van der Waals surface area contributed by atoms with Crippen LogP contribution in [0, 0.1) is 11.8 Å². The van der Waals surface area contributed by atoms with Gasteiger partial charge in [-0.2, -0.15) is 0 Å². The van der Waals surface area contributed by atoms with E-state index in [4.69, 9.17) is 10.5 Å². The third kappa shape index (κ3) is 6.81. The molecule has 0 aliphatic heterocycles. The van der Waals surface area contributed by atoms with Gasteiger partial charge in [-0.15, -0.1) is 0 Å². The Labute approximate surface area is 155 Å². The summed E-state index contributed by atoms with van der Waals surface area (Å²) in [5.41, 5.74) is 11.8. The standard InChI is InChI=1S/C21H31NO.C2H6/c1-8-17-10-9-11-18(13-17)20(19(23-7)12-14(2)3)21(22)16(6)15(4)5;1-2/h9-14,16H,4,8,22H2,1-3,5-7H3;1-2H3/b19-12+,21-20+;. The van der Waals surface area contributed by atoms with Crippen LogP contribution in [0.4, 0.5) is 0 Å². The molecule has 0 radical (unpaired) electrons. The molecule has 0 saturated heterocycles. The first-order valence-corrected chi connectivity index (χ1v) is 9.32. The van der Waals surface area contributed by atoms with Gasteiger partial charge in [0.2, 0.25) is 0 Å². The number of nitrogens with two attached hydrogens (primary N) is 1. The van der Waals surface area contributed by atoms with Crippen molar-refractivity contribution in [2.45, 2.75) is 54.9 Å². The molecular formula is C23H37NO. The Balaban J connectivity index is 0.00000277. The summed E-state index contributed by atoms with van der Waals surface area (Å²) in [5, 5.41) is 0. The van der Waals surface area contributed by atoms with Crippen LogP contribution in [0.1, 0.15) is 59.6 Å². The van der Waals surface area contributed by atoms with Gasteiger partial charge in [-0.25, -0.2) is 0 Å². The maximum atomic E-state index is 6.54. The summed E-state index contributed by atoms with van der Waals surface area (Å²) in [5.74, 6) is 1.31. The predicted molar refractivity (Wildman–Crippen MR) is 112 cm³/mol. The molecular weight excluding hydrogens is 306 g/mol. The summed E-state index contributed by atoms with van der Waals surface area (Å²) >= 11 is 0. The molecule has 0 bridgehead atoms. The van der Waals surface area contributed by atoms with Crippen molar-refractivity contribution < 1.29 is 4.74 Å². The number of aryl methyl sites for hydroxylation is 1. The van der Waals surface area contributed by atoms with Gasteiger partial charge in [0.15, 0.2) is 0 Å². The molecule has 1 aromatic rings. The summed E-state index contributed by atoms with van der Waals surface area (Å²) in [6, 6.07) is 8.51. The van der Waals surface area contributed by atoms with Crippen molar-refractivity contribution in [1.82, 2.24) is 0 Å². The Kier molecular flexibility index (Phi) is 10.7. The number of ether oxygens (including phenoxy) is 1. The average molecular weight is 344 g/mol. The second-order valence-corrected chi connectivity index (χ2v) is 6.43. The minimum atomic E-state index is 0.0981. The van der Waals surface area contributed by atoms with E-state index in [9.17, 15) is 0 Å². The maximum absolute atomic E-state index is 6.54. The first-order chi connectivity index (χ1) is 11.8. The van der Waals surface area contributed by atoms with Crippen LogP contribution in [-0.4, -0.2) is 7.11 Å². The number of rotatable bonds is 7. The molecule has 0 amide bonds. The Bertz CT molecular complexity index is 608. The highest BCUT2D eigenvalue weighted by Gasteiger charge is 2.18. The van der Waals surface area contributed by atoms with E-state index < -0.39 is 0 Å². The largest absolute Gasteiger partial charge is 0.496 e. The Hall–Kier alpha value is -1.96. The molecule has 1 atom stereocenters. The van der Waals surface area contributed by atoms with Crippen LogP contribution in [0.2, 0.25) is 0 Å². The van der Waals surface area contributed by atoms with Crippen molar-refractivity contribution >= 4 is 5.57 Å². The van der Waals surface area contributed by atoms with Gasteiger partial charge in [0, 0.05) is 17.2 Å². The third-order valence-corrected chi connectivity index (χ3v) is 4.07. The van der Waals surface area contributed by atoms with Crippen LogP contribution in [0.15, 0.2) is 53.9 Å². The van der Waals surface area contributed by atoms with Gasteiger partial charge in [0.1, 0.15) is 5.76 Å². The Morgan fingerprint density at radius 1 is 1.24 bits per heavy atom. The molecule has 2 heteroatoms. The fraction of sp³-hybridized carbons (Fsp3) is 0.478. The van der Waals surface area contributed by atoms with Crippen LogP contribution in [-0.2, 0) is 11.2 Å². The van der Waals surface area contributed by atoms with Gasteiger partial charge in [0.25, 0.3) is 0 Å². The van der Waals surface area contributed by atoms with E-state index >= 15 is 0 Å². The Morgan fingerprint density at radius 2 is 1.84 bits per heavy atom. The molecule has 0 spiro atoms. The van der Waals surface area contributed by atoms with Gasteiger partial charge < -0.3 is 10.5 Å². The second-order valence-electron chi connectivity index (χ2n) is 6.43. The highest BCUT2D eigenvalue weighted by atomic mass is 16.5. The monoisotopic (exact) mass is 343 g/mol. The van der Waals surface area contributed by atoms with Crippen molar-refractivity contribution in [1.29, 1.82) is 0 Å². The topological polar surface area (TPSA) is 35.2 Å². The van der Waals surface area contributed by atoms with Crippen molar-refractivity contribution in [2.24, 2.45) is 17.6 Å². The van der Waals surface area contributed by atoms with E-state index in [2.05, 4.69) is 64.6 Å². The molecule has 0 aliphatic rings. The minimum absolute atomic E-state index is 0.0981. The number of benzene rings is 1. The van der Waals surface area contributed by atoms with Crippen LogP contribution >= 0.6 is 0 Å². The molecule has 0 saturated carbocycles. The second kappa shape index (κ2) is 11.6. The quantitative estimate of drug-likeness (QED) is 0.356.